The lowest BCUT2D eigenvalue weighted by molar-refractivity contribution is -0.120. The molecule has 0 unspecified atom stereocenters. The lowest BCUT2D eigenvalue weighted by Gasteiger charge is -1.98. The second-order valence-corrected chi connectivity index (χ2v) is 4.20. The first-order valence-corrected chi connectivity index (χ1v) is 6.04. The van der Waals surface area contributed by atoms with E-state index >= 15 is 0 Å². The van der Waals surface area contributed by atoms with Gasteiger partial charge in [-0.2, -0.15) is 0 Å². The fourth-order valence-corrected chi connectivity index (χ4v) is 2.06. The van der Waals surface area contributed by atoms with E-state index < -0.39 is 0 Å². The number of carbonyl (C=O) groups excluding carboxylic acids is 1. The van der Waals surface area contributed by atoms with E-state index in [1.54, 1.807) is 11.3 Å². The first kappa shape index (κ1) is 12.1. The van der Waals surface area contributed by atoms with Crippen LogP contribution in [0.5, 0.6) is 0 Å². The second-order valence-electron chi connectivity index (χ2n) is 3.26. The van der Waals surface area contributed by atoms with Crippen LogP contribution in [-0.4, -0.2) is 24.0 Å². The number of carbonyl (C=O) groups is 1. The highest BCUT2D eigenvalue weighted by Crippen LogP contribution is 2.11. The highest BCUT2D eigenvalue weighted by Gasteiger charge is 2.06. The predicted molar refractivity (Wildman–Crippen MR) is 61.9 cm³/mol. The van der Waals surface area contributed by atoms with Crippen LogP contribution < -0.4 is 11.1 Å². The Morgan fingerprint density at radius 1 is 1.67 bits per heavy atom. The molecule has 0 aromatic carbocycles. The van der Waals surface area contributed by atoms with Crippen molar-refractivity contribution in [2.75, 3.05) is 13.1 Å². The van der Waals surface area contributed by atoms with Gasteiger partial charge in [0.05, 0.1) is 17.1 Å². The number of nitrogens with two attached hydrogens (primary N) is 1. The van der Waals surface area contributed by atoms with Crippen molar-refractivity contribution in [1.82, 2.24) is 10.3 Å². The monoisotopic (exact) mass is 227 g/mol. The van der Waals surface area contributed by atoms with E-state index in [0.717, 1.165) is 23.5 Å². The predicted octanol–water partition coefficient (Wildman–Crippen LogP) is 0.713. The molecular weight excluding hydrogens is 210 g/mol. The summed E-state index contributed by atoms with van der Waals surface area (Å²) in [6.07, 6.45) is 2.25. The number of amides is 1. The van der Waals surface area contributed by atoms with Crippen LogP contribution in [0.3, 0.4) is 0 Å². The van der Waals surface area contributed by atoms with E-state index in [0.29, 0.717) is 19.5 Å². The Balaban J connectivity index is 2.42. The van der Waals surface area contributed by atoms with E-state index in [2.05, 4.69) is 10.3 Å². The smallest absolute Gasteiger partial charge is 0.226 e. The van der Waals surface area contributed by atoms with Crippen molar-refractivity contribution in [3.8, 4) is 0 Å². The van der Waals surface area contributed by atoms with Crippen molar-refractivity contribution in [3.63, 3.8) is 0 Å². The Morgan fingerprint density at radius 3 is 3.13 bits per heavy atom. The molecule has 1 rings (SSSR count). The lowest BCUT2D eigenvalue weighted by atomic mass is 10.3. The van der Waals surface area contributed by atoms with Gasteiger partial charge < -0.3 is 11.1 Å². The number of nitrogens with one attached hydrogen (secondary N) is 1. The minimum atomic E-state index is 0.0353. The Labute approximate surface area is 93.9 Å². The third kappa shape index (κ3) is 4.40. The molecule has 0 radical (unpaired) electrons. The van der Waals surface area contributed by atoms with Gasteiger partial charge in [0.25, 0.3) is 0 Å². The molecule has 1 aromatic rings. The van der Waals surface area contributed by atoms with Gasteiger partial charge in [-0.25, -0.2) is 4.98 Å². The van der Waals surface area contributed by atoms with Crippen molar-refractivity contribution < 1.29 is 4.79 Å². The molecular formula is C10H17N3OS. The molecule has 0 fully saturated rings. The normalized spacial score (nSPS) is 10.3. The average Bonchev–Trinajstić information content (AvgIpc) is 2.63. The van der Waals surface area contributed by atoms with Gasteiger partial charge in [0.15, 0.2) is 0 Å². The maximum atomic E-state index is 11.3. The van der Waals surface area contributed by atoms with Crippen LogP contribution in [0.1, 0.15) is 24.0 Å². The van der Waals surface area contributed by atoms with E-state index in [9.17, 15) is 4.79 Å². The number of hydrogen-bond acceptors (Lipinski definition) is 4. The van der Waals surface area contributed by atoms with E-state index in [4.69, 9.17) is 5.73 Å². The van der Waals surface area contributed by atoms with Crippen molar-refractivity contribution in [1.29, 1.82) is 0 Å². The number of aryl methyl sites for hydroxylation is 1. The average molecular weight is 227 g/mol. The summed E-state index contributed by atoms with van der Waals surface area (Å²) >= 11 is 1.60. The van der Waals surface area contributed by atoms with Gasteiger partial charge in [0, 0.05) is 18.3 Å². The van der Waals surface area contributed by atoms with Crippen LogP contribution >= 0.6 is 11.3 Å². The summed E-state index contributed by atoms with van der Waals surface area (Å²) in [7, 11) is 0. The van der Waals surface area contributed by atoms with Gasteiger partial charge >= 0.3 is 0 Å². The first-order chi connectivity index (χ1) is 7.26. The van der Waals surface area contributed by atoms with Crippen molar-refractivity contribution in [3.05, 3.63) is 16.1 Å². The summed E-state index contributed by atoms with van der Waals surface area (Å²) in [4.78, 5) is 15.6. The quantitative estimate of drug-likeness (QED) is 0.752. The van der Waals surface area contributed by atoms with Gasteiger partial charge in [0.2, 0.25) is 5.91 Å². The molecule has 4 nitrogen and oxygen atoms in total. The molecule has 0 saturated carbocycles. The minimum absolute atomic E-state index is 0.0353. The van der Waals surface area contributed by atoms with E-state index in [-0.39, 0.29) is 5.91 Å². The van der Waals surface area contributed by atoms with Crippen molar-refractivity contribution in [2.45, 2.75) is 26.2 Å². The molecule has 1 amide bonds. The van der Waals surface area contributed by atoms with Crippen LogP contribution in [0.2, 0.25) is 0 Å². The molecule has 0 saturated heterocycles. The third-order valence-corrected chi connectivity index (χ3v) is 2.87. The van der Waals surface area contributed by atoms with Crippen LogP contribution in [0.4, 0.5) is 0 Å². The standard InChI is InChI=1S/C10H17N3OS/c1-2-12-9(14)6-8-7-15-10(13-8)4-3-5-11/h7H,2-6,11H2,1H3,(H,12,14). The van der Waals surface area contributed by atoms with E-state index in [1.165, 1.54) is 0 Å². The molecule has 1 heterocycles. The topological polar surface area (TPSA) is 68.0 Å². The molecule has 0 bridgehead atoms. The third-order valence-electron chi connectivity index (χ3n) is 1.91. The molecule has 0 aliphatic carbocycles. The summed E-state index contributed by atoms with van der Waals surface area (Å²) in [5, 5.41) is 5.77. The molecule has 0 aliphatic heterocycles. The Kier molecular flexibility index (Phi) is 5.28. The Bertz CT molecular complexity index is 311. The van der Waals surface area contributed by atoms with Crippen molar-refractivity contribution >= 4 is 17.2 Å². The zero-order valence-electron chi connectivity index (χ0n) is 8.95. The number of thiazole rings is 1. The molecule has 5 heteroatoms. The summed E-state index contributed by atoms with van der Waals surface area (Å²) in [5.74, 6) is 0.0353. The summed E-state index contributed by atoms with van der Waals surface area (Å²) in [5.41, 5.74) is 6.28. The molecule has 0 atom stereocenters. The zero-order valence-corrected chi connectivity index (χ0v) is 9.77. The summed E-state index contributed by atoms with van der Waals surface area (Å²) in [6.45, 7) is 3.26. The largest absolute Gasteiger partial charge is 0.356 e. The van der Waals surface area contributed by atoms with Gasteiger partial charge in [-0.15, -0.1) is 11.3 Å². The van der Waals surface area contributed by atoms with Gasteiger partial charge in [-0.3, -0.25) is 4.79 Å². The van der Waals surface area contributed by atoms with Crippen LogP contribution in [0, 0.1) is 0 Å². The highest BCUT2D eigenvalue weighted by molar-refractivity contribution is 7.09. The van der Waals surface area contributed by atoms with E-state index in [1.807, 2.05) is 12.3 Å². The zero-order chi connectivity index (χ0) is 11.1. The number of likely N-dealkylation sites (N-methyl/N-ethyl adjacent to an activating group) is 1. The van der Waals surface area contributed by atoms with Crippen LogP contribution in [0.15, 0.2) is 5.38 Å². The molecule has 15 heavy (non-hydrogen) atoms. The number of nitrogens with zero attached hydrogens (tertiary/aromatic N) is 1. The number of hydrogen-bond donors (Lipinski definition) is 2. The number of aromatic nitrogens is 1. The van der Waals surface area contributed by atoms with Gasteiger partial charge in [-0.1, -0.05) is 0 Å². The molecule has 1 aromatic heterocycles. The second kappa shape index (κ2) is 6.53. The minimum Gasteiger partial charge on any atom is -0.356 e. The molecule has 84 valence electrons. The molecule has 0 spiro atoms. The Hall–Kier alpha value is -0.940. The molecule has 0 aliphatic rings. The lowest BCUT2D eigenvalue weighted by Crippen LogP contribution is -2.24. The van der Waals surface area contributed by atoms with Crippen LogP contribution in [0.25, 0.3) is 0 Å². The number of rotatable bonds is 6. The fourth-order valence-electron chi connectivity index (χ4n) is 1.22. The first-order valence-electron chi connectivity index (χ1n) is 5.16. The maximum Gasteiger partial charge on any atom is 0.226 e. The highest BCUT2D eigenvalue weighted by atomic mass is 32.1. The van der Waals surface area contributed by atoms with Gasteiger partial charge in [-0.05, 0) is 19.9 Å². The summed E-state index contributed by atoms with van der Waals surface area (Å²) < 4.78 is 0. The Morgan fingerprint density at radius 2 is 2.47 bits per heavy atom. The maximum absolute atomic E-state index is 11.3. The summed E-state index contributed by atoms with van der Waals surface area (Å²) in [6, 6.07) is 0. The fraction of sp³-hybridized carbons (Fsp3) is 0.600. The molecule has 3 N–H and O–H groups in total. The van der Waals surface area contributed by atoms with Crippen LogP contribution in [-0.2, 0) is 17.6 Å². The van der Waals surface area contributed by atoms with Gasteiger partial charge in [0.1, 0.15) is 0 Å². The van der Waals surface area contributed by atoms with Crippen molar-refractivity contribution in [2.24, 2.45) is 5.73 Å². The SMILES string of the molecule is CCNC(=O)Cc1csc(CCCN)n1.